The summed E-state index contributed by atoms with van der Waals surface area (Å²) in [6.07, 6.45) is 0.185. The molecule has 1 aliphatic rings. The van der Waals surface area contributed by atoms with E-state index in [2.05, 4.69) is 21.2 Å². The highest BCUT2D eigenvalue weighted by molar-refractivity contribution is 9.10. The molecular formula is C15H18BrNO4. The number of carboxylic acid groups (broad SMARTS) is 1. The third-order valence-electron chi connectivity index (χ3n) is 3.38. The van der Waals surface area contributed by atoms with E-state index in [0.717, 1.165) is 10.0 Å². The van der Waals surface area contributed by atoms with E-state index in [0.29, 0.717) is 18.4 Å². The summed E-state index contributed by atoms with van der Waals surface area (Å²) in [5.41, 5.74) is -0.560. The van der Waals surface area contributed by atoms with Crippen LogP contribution in [0.25, 0.3) is 0 Å². The third kappa shape index (κ3) is 3.20. The number of fused-ring (bicyclic) bond motifs is 1. The Balaban J connectivity index is 2.33. The number of aryl methyl sites for hydroxylation is 1. The van der Waals surface area contributed by atoms with Gasteiger partial charge in [-0.3, -0.25) is 0 Å². The van der Waals surface area contributed by atoms with Crippen LogP contribution in [-0.2, 0) is 21.5 Å². The van der Waals surface area contributed by atoms with E-state index in [1.54, 1.807) is 32.9 Å². The molecule has 1 aliphatic carbocycles. The predicted octanol–water partition coefficient (Wildman–Crippen LogP) is 3.20. The summed E-state index contributed by atoms with van der Waals surface area (Å²) in [6.45, 7) is 5.21. The molecule has 21 heavy (non-hydrogen) atoms. The minimum atomic E-state index is -1.42. The smallest absolute Gasteiger partial charge is 0.408 e. The second kappa shape index (κ2) is 5.33. The highest BCUT2D eigenvalue weighted by Crippen LogP contribution is 2.38. The molecule has 0 saturated carbocycles. The number of halogens is 1. The van der Waals surface area contributed by atoms with Gasteiger partial charge in [0, 0.05) is 4.47 Å². The molecule has 1 amide bonds. The van der Waals surface area contributed by atoms with Crippen LogP contribution < -0.4 is 5.32 Å². The number of hydrogen-bond donors (Lipinski definition) is 2. The summed E-state index contributed by atoms with van der Waals surface area (Å²) in [4.78, 5) is 23.8. The number of carbonyl (C=O) groups excluding carboxylic acids is 1. The van der Waals surface area contributed by atoms with E-state index in [1.165, 1.54) is 0 Å². The topological polar surface area (TPSA) is 75.6 Å². The van der Waals surface area contributed by atoms with Crippen molar-refractivity contribution in [3.63, 3.8) is 0 Å². The maximum absolute atomic E-state index is 12.0. The van der Waals surface area contributed by atoms with Crippen molar-refractivity contribution in [2.75, 3.05) is 0 Å². The normalized spacial score (nSPS) is 20.8. The number of nitrogens with one attached hydrogen (secondary N) is 1. The lowest BCUT2D eigenvalue weighted by Gasteiger charge is -2.29. The molecule has 0 aromatic heterocycles. The van der Waals surface area contributed by atoms with Crippen molar-refractivity contribution in [2.24, 2.45) is 0 Å². The molecule has 1 aromatic rings. The number of hydrogen-bond acceptors (Lipinski definition) is 3. The van der Waals surface area contributed by atoms with Crippen molar-refractivity contribution in [3.8, 4) is 0 Å². The highest BCUT2D eigenvalue weighted by atomic mass is 79.9. The molecule has 1 unspecified atom stereocenters. The fourth-order valence-corrected chi connectivity index (χ4v) is 2.93. The van der Waals surface area contributed by atoms with Gasteiger partial charge in [0.25, 0.3) is 0 Å². The standard InChI is InChI=1S/C15H18BrNO4/c1-14(2,3)21-13(20)17-15(12(18)19)7-6-9-8-10(16)4-5-11(9)15/h4-5,8H,6-7H2,1-3H3,(H,17,20)(H,18,19). The fraction of sp³-hybridized carbons (Fsp3) is 0.467. The Kier molecular flexibility index (Phi) is 4.02. The van der Waals surface area contributed by atoms with Gasteiger partial charge in [-0.25, -0.2) is 9.59 Å². The Hall–Kier alpha value is -1.56. The van der Waals surface area contributed by atoms with Crippen molar-refractivity contribution in [1.29, 1.82) is 0 Å². The Morgan fingerprint density at radius 2 is 2.05 bits per heavy atom. The maximum Gasteiger partial charge on any atom is 0.408 e. The molecule has 1 aromatic carbocycles. The van der Waals surface area contributed by atoms with Crippen LogP contribution >= 0.6 is 15.9 Å². The quantitative estimate of drug-likeness (QED) is 0.853. The van der Waals surface area contributed by atoms with Crippen molar-refractivity contribution in [1.82, 2.24) is 5.32 Å². The van der Waals surface area contributed by atoms with Crippen LogP contribution in [0.4, 0.5) is 4.79 Å². The van der Waals surface area contributed by atoms with Crippen LogP contribution in [0.1, 0.15) is 38.3 Å². The molecule has 0 saturated heterocycles. The third-order valence-corrected chi connectivity index (χ3v) is 3.87. The first-order chi connectivity index (χ1) is 9.64. The molecule has 2 N–H and O–H groups in total. The Morgan fingerprint density at radius 1 is 1.38 bits per heavy atom. The molecule has 1 atom stereocenters. The molecule has 0 aliphatic heterocycles. The van der Waals surface area contributed by atoms with Crippen LogP contribution in [-0.4, -0.2) is 22.8 Å². The van der Waals surface area contributed by atoms with Gasteiger partial charge in [0.1, 0.15) is 5.60 Å². The zero-order valence-electron chi connectivity index (χ0n) is 12.2. The van der Waals surface area contributed by atoms with Crippen molar-refractivity contribution >= 4 is 28.0 Å². The second-order valence-corrected chi connectivity index (χ2v) is 7.05. The molecule has 0 radical (unpaired) electrons. The molecule has 0 fully saturated rings. The summed E-state index contributed by atoms with van der Waals surface area (Å²) < 4.78 is 6.08. The van der Waals surface area contributed by atoms with E-state index in [1.807, 2.05) is 6.07 Å². The number of rotatable bonds is 2. The fourth-order valence-electron chi connectivity index (χ4n) is 2.53. The van der Waals surface area contributed by atoms with Gasteiger partial charge >= 0.3 is 12.1 Å². The minimum absolute atomic E-state index is 0.313. The highest BCUT2D eigenvalue weighted by Gasteiger charge is 2.47. The number of carboxylic acids is 1. The zero-order chi connectivity index (χ0) is 15.8. The van der Waals surface area contributed by atoms with E-state index in [9.17, 15) is 14.7 Å². The number of benzene rings is 1. The summed E-state index contributed by atoms with van der Waals surface area (Å²) in [6, 6.07) is 5.40. The average Bonchev–Trinajstić information content (AvgIpc) is 2.66. The van der Waals surface area contributed by atoms with Gasteiger partial charge in [-0.15, -0.1) is 0 Å². The van der Waals surface area contributed by atoms with E-state index in [4.69, 9.17) is 4.74 Å². The van der Waals surface area contributed by atoms with Crippen LogP contribution in [0.15, 0.2) is 22.7 Å². The van der Waals surface area contributed by atoms with Gasteiger partial charge in [0.15, 0.2) is 5.54 Å². The monoisotopic (exact) mass is 355 g/mol. The van der Waals surface area contributed by atoms with Crippen molar-refractivity contribution in [2.45, 2.75) is 44.8 Å². The molecule has 0 bridgehead atoms. The van der Waals surface area contributed by atoms with Crippen LogP contribution in [0.3, 0.4) is 0 Å². The first-order valence-electron chi connectivity index (χ1n) is 6.67. The van der Waals surface area contributed by atoms with Crippen LogP contribution in [0.2, 0.25) is 0 Å². The summed E-state index contributed by atoms with van der Waals surface area (Å²) in [5, 5.41) is 12.2. The van der Waals surface area contributed by atoms with Crippen molar-refractivity contribution < 1.29 is 19.4 Å². The van der Waals surface area contributed by atoms with E-state index >= 15 is 0 Å². The Morgan fingerprint density at radius 3 is 2.62 bits per heavy atom. The lowest BCUT2D eigenvalue weighted by Crippen LogP contribution is -2.51. The Labute approximate surface area is 131 Å². The molecular weight excluding hydrogens is 338 g/mol. The molecule has 6 heteroatoms. The molecule has 0 spiro atoms. The molecule has 5 nitrogen and oxygen atoms in total. The number of alkyl carbamates (subject to hydrolysis) is 1. The summed E-state index contributed by atoms with van der Waals surface area (Å²) >= 11 is 3.37. The first-order valence-corrected chi connectivity index (χ1v) is 7.47. The summed E-state index contributed by atoms with van der Waals surface area (Å²) in [5.74, 6) is -1.07. The molecule has 2 rings (SSSR count). The zero-order valence-corrected chi connectivity index (χ0v) is 13.8. The van der Waals surface area contributed by atoms with Gasteiger partial charge in [-0.05, 0) is 56.9 Å². The average molecular weight is 356 g/mol. The molecule has 0 heterocycles. The lowest BCUT2D eigenvalue weighted by atomic mass is 9.92. The number of aliphatic carboxylic acids is 1. The number of ether oxygens (including phenoxy) is 1. The maximum atomic E-state index is 12.0. The second-order valence-electron chi connectivity index (χ2n) is 6.14. The van der Waals surface area contributed by atoms with Gasteiger partial charge in [-0.2, -0.15) is 0 Å². The number of carbonyl (C=O) groups is 2. The lowest BCUT2D eigenvalue weighted by molar-refractivity contribution is -0.145. The minimum Gasteiger partial charge on any atom is -0.479 e. The van der Waals surface area contributed by atoms with Gasteiger partial charge in [0.05, 0.1) is 0 Å². The number of amides is 1. The van der Waals surface area contributed by atoms with Gasteiger partial charge in [-0.1, -0.05) is 22.0 Å². The van der Waals surface area contributed by atoms with Crippen LogP contribution in [0.5, 0.6) is 0 Å². The summed E-state index contributed by atoms with van der Waals surface area (Å²) in [7, 11) is 0. The predicted molar refractivity (Wildman–Crippen MR) is 81.1 cm³/mol. The van der Waals surface area contributed by atoms with Gasteiger partial charge < -0.3 is 15.2 Å². The largest absolute Gasteiger partial charge is 0.479 e. The van der Waals surface area contributed by atoms with Gasteiger partial charge in [0.2, 0.25) is 0 Å². The van der Waals surface area contributed by atoms with Crippen LogP contribution in [0, 0.1) is 0 Å². The molecule has 114 valence electrons. The van der Waals surface area contributed by atoms with Crippen molar-refractivity contribution in [3.05, 3.63) is 33.8 Å². The SMILES string of the molecule is CC(C)(C)OC(=O)NC1(C(=O)O)CCc2cc(Br)ccc21. The first kappa shape index (κ1) is 15.8. The van der Waals surface area contributed by atoms with E-state index < -0.39 is 23.2 Å². The van der Waals surface area contributed by atoms with E-state index in [-0.39, 0.29) is 0 Å². The Bertz CT molecular complexity index is 594.